The highest BCUT2D eigenvalue weighted by atomic mass is 16.4. The van der Waals surface area contributed by atoms with Gasteiger partial charge in [-0.05, 0) is 33.4 Å². The molecule has 1 aliphatic rings. The molecule has 0 aliphatic carbocycles. The van der Waals surface area contributed by atoms with Gasteiger partial charge in [0.05, 0.1) is 0 Å². The van der Waals surface area contributed by atoms with Crippen molar-refractivity contribution in [1.29, 1.82) is 0 Å². The fraction of sp³-hybridized carbons (Fsp3) is 0.818. The van der Waals surface area contributed by atoms with Crippen molar-refractivity contribution in [2.75, 3.05) is 33.7 Å². The van der Waals surface area contributed by atoms with Crippen molar-refractivity contribution in [3.05, 3.63) is 0 Å². The molecule has 1 aliphatic heterocycles. The van der Waals surface area contributed by atoms with Gasteiger partial charge in [0.1, 0.15) is 6.04 Å². The molecule has 2 N–H and O–H groups in total. The second-order valence-corrected chi connectivity index (χ2v) is 4.58. The van der Waals surface area contributed by atoms with E-state index in [1.165, 1.54) is 4.90 Å². The molecule has 6 heteroatoms. The van der Waals surface area contributed by atoms with E-state index in [9.17, 15) is 9.59 Å². The summed E-state index contributed by atoms with van der Waals surface area (Å²) in [4.78, 5) is 26.1. The van der Waals surface area contributed by atoms with Gasteiger partial charge >= 0.3 is 6.09 Å². The third kappa shape index (κ3) is 4.22. The van der Waals surface area contributed by atoms with E-state index in [2.05, 4.69) is 5.32 Å². The Balaban J connectivity index is 2.45. The summed E-state index contributed by atoms with van der Waals surface area (Å²) in [5.74, 6) is -0.172. The summed E-state index contributed by atoms with van der Waals surface area (Å²) >= 11 is 0. The van der Waals surface area contributed by atoms with E-state index in [-0.39, 0.29) is 5.91 Å². The molecule has 0 bridgehead atoms. The maximum atomic E-state index is 11.9. The zero-order chi connectivity index (χ0) is 12.8. The Hall–Kier alpha value is -1.30. The number of likely N-dealkylation sites (N-methyl/N-ethyl adjacent to an activating group) is 1. The van der Waals surface area contributed by atoms with Gasteiger partial charge in [0.2, 0.25) is 5.91 Å². The molecule has 98 valence electrons. The molecule has 1 saturated heterocycles. The molecule has 0 radical (unpaired) electrons. The Bertz CT molecular complexity index is 281. The number of piperidine rings is 1. The van der Waals surface area contributed by atoms with Crippen LogP contribution in [0, 0.1) is 0 Å². The van der Waals surface area contributed by atoms with Crippen LogP contribution in [0.1, 0.15) is 19.3 Å². The van der Waals surface area contributed by atoms with Gasteiger partial charge in [0.25, 0.3) is 0 Å². The highest BCUT2D eigenvalue weighted by Gasteiger charge is 2.31. The Kier molecular flexibility index (Phi) is 5.21. The van der Waals surface area contributed by atoms with Crippen LogP contribution in [-0.4, -0.2) is 66.7 Å². The fourth-order valence-electron chi connectivity index (χ4n) is 1.95. The zero-order valence-corrected chi connectivity index (χ0v) is 10.5. The molecule has 0 unspecified atom stereocenters. The molecule has 6 nitrogen and oxygen atoms in total. The van der Waals surface area contributed by atoms with Crippen molar-refractivity contribution in [3.63, 3.8) is 0 Å². The summed E-state index contributed by atoms with van der Waals surface area (Å²) in [6.07, 6.45) is 1.38. The number of hydrogen-bond donors (Lipinski definition) is 2. The summed E-state index contributed by atoms with van der Waals surface area (Å²) < 4.78 is 0. The SMILES string of the molecule is CN(C)CCNC(=O)[C@@H]1CCCCN1C(=O)O. The molecule has 1 fully saturated rings. The first-order valence-corrected chi connectivity index (χ1v) is 5.94. The van der Waals surface area contributed by atoms with Crippen molar-refractivity contribution in [2.24, 2.45) is 0 Å². The van der Waals surface area contributed by atoms with Gasteiger partial charge in [0, 0.05) is 19.6 Å². The van der Waals surface area contributed by atoms with Crippen LogP contribution in [0.2, 0.25) is 0 Å². The summed E-state index contributed by atoms with van der Waals surface area (Å²) in [6.45, 7) is 1.77. The molecule has 0 aromatic heterocycles. The second kappa shape index (κ2) is 6.44. The summed E-state index contributed by atoms with van der Waals surface area (Å²) in [7, 11) is 3.85. The molecule has 1 rings (SSSR count). The minimum absolute atomic E-state index is 0.172. The quantitative estimate of drug-likeness (QED) is 0.739. The molecule has 2 amide bonds. The van der Waals surface area contributed by atoms with Gasteiger partial charge in [-0.2, -0.15) is 0 Å². The van der Waals surface area contributed by atoms with E-state index in [1.54, 1.807) is 0 Å². The molecule has 0 aromatic carbocycles. The molecule has 0 aromatic rings. The number of carbonyl (C=O) groups excluding carboxylic acids is 1. The maximum Gasteiger partial charge on any atom is 0.407 e. The fourth-order valence-corrected chi connectivity index (χ4v) is 1.95. The number of hydrogen-bond acceptors (Lipinski definition) is 3. The van der Waals surface area contributed by atoms with Crippen molar-refractivity contribution >= 4 is 12.0 Å². The standard InChI is InChI=1S/C11H21N3O3/c1-13(2)8-6-12-10(15)9-5-3-4-7-14(9)11(16)17/h9H,3-8H2,1-2H3,(H,12,15)(H,16,17)/t9-/m0/s1. The lowest BCUT2D eigenvalue weighted by molar-refractivity contribution is -0.126. The van der Waals surface area contributed by atoms with Crippen molar-refractivity contribution < 1.29 is 14.7 Å². The number of nitrogens with zero attached hydrogens (tertiary/aromatic N) is 2. The molecular formula is C11H21N3O3. The topological polar surface area (TPSA) is 72.9 Å². The Morgan fingerprint density at radius 2 is 2.12 bits per heavy atom. The smallest absolute Gasteiger partial charge is 0.407 e. The van der Waals surface area contributed by atoms with E-state index in [4.69, 9.17) is 5.11 Å². The first-order chi connectivity index (χ1) is 8.02. The lowest BCUT2D eigenvalue weighted by Crippen LogP contribution is -2.52. The highest BCUT2D eigenvalue weighted by Crippen LogP contribution is 2.17. The predicted molar refractivity (Wildman–Crippen MR) is 63.9 cm³/mol. The average Bonchev–Trinajstić information content (AvgIpc) is 2.28. The molecule has 0 saturated carbocycles. The first-order valence-electron chi connectivity index (χ1n) is 5.94. The van der Waals surface area contributed by atoms with Crippen LogP contribution in [0.3, 0.4) is 0 Å². The molecule has 17 heavy (non-hydrogen) atoms. The lowest BCUT2D eigenvalue weighted by Gasteiger charge is -2.32. The summed E-state index contributed by atoms with van der Waals surface area (Å²) in [5, 5.41) is 11.8. The molecule has 0 spiro atoms. The van der Waals surface area contributed by atoms with Crippen molar-refractivity contribution in [3.8, 4) is 0 Å². The number of carbonyl (C=O) groups is 2. The Morgan fingerprint density at radius 3 is 2.71 bits per heavy atom. The number of nitrogens with one attached hydrogen (secondary N) is 1. The van der Waals surface area contributed by atoms with E-state index in [0.29, 0.717) is 19.5 Å². The molecular weight excluding hydrogens is 222 g/mol. The first kappa shape index (κ1) is 13.8. The molecule has 1 atom stereocenters. The van der Waals surface area contributed by atoms with Crippen LogP contribution in [0.5, 0.6) is 0 Å². The third-order valence-corrected chi connectivity index (χ3v) is 2.91. The van der Waals surface area contributed by atoms with Gasteiger partial charge in [-0.15, -0.1) is 0 Å². The van der Waals surface area contributed by atoms with Crippen LogP contribution in [0.15, 0.2) is 0 Å². The normalized spacial score (nSPS) is 20.4. The lowest BCUT2D eigenvalue weighted by atomic mass is 10.0. The highest BCUT2D eigenvalue weighted by molar-refractivity contribution is 5.85. The minimum atomic E-state index is -1.00. The van der Waals surface area contributed by atoms with Gasteiger partial charge in [-0.25, -0.2) is 4.79 Å². The van der Waals surface area contributed by atoms with E-state index < -0.39 is 12.1 Å². The monoisotopic (exact) mass is 243 g/mol. The van der Waals surface area contributed by atoms with Crippen LogP contribution in [0.25, 0.3) is 0 Å². The van der Waals surface area contributed by atoms with Crippen molar-refractivity contribution in [1.82, 2.24) is 15.1 Å². The van der Waals surface area contributed by atoms with Gasteiger partial charge in [0.15, 0.2) is 0 Å². The Morgan fingerprint density at radius 1 is 1.41 bits per heavy atom. The second-order valence-electron chi connectivity index (χ2n) is 4.58. The number of carboxylic acid groups (broad SMARTS) is 1. The third-order valence-electron chi connectivity index (χ3n) is 2.91. The Labute approximate surface area is 102 Å². The van der Waals surface area contributed by atoms with E-state index in [0.717, 1.165) is 19.4 Å². The van der Waals surface area contributed by atoms with Crippen LogP contribution in [-0.2, 0) is 4.79 Å². The van der Waals surface area contributed by atoms with Crippen molar-refractivity contribution in [2.45, 2.75) is 25.3 Å². The van der Waals surface area contributed by atoms with Gasteiger partial charge < -0.3 is 15.3 Å². The molecule has 1 heterocycles. The van der Waals surface area contributed by atoms with E-state index in [1.807, 2.05) is 19.0 Å². The number of rotatable bonds is 4. The average molecular weight is 243 g/mol. The minimum Gasteiger partial charge on any atom is -0.465 e. The maximum absolute atomic E-state index is 11.9. The summed E-state index contributed by atoms with van der Waals surface area (Å²) in [6, 6.07) is -0.511. The zero-order valence-electron chi connectivity index (χ0n) is 10.5. The van der Waals surface area contributed by atoms with Gasteiger partial charge in [-0.3, -0.25) is 9.69 Å². The van der Waals surface area contributed by atoms with Crippen LogP contribution in [0.4, 0.5) is 4.79 Å². The summed E-state index contributed by atoms with van der Waals surface area (Å²) in [5.41, 5.74) is 0. The van der Waals surface area contributed by atoms with Crippen LogP contribution < -0.4 is 5.32 Å². The predicted octanol–water partition coefficient (Wildman–Crippen LogP) is 0.197. The van der Waals surface area contributed by atoms with Gasteiger partial charge in [-0.1, -0.05) is 0 Å². The number of amides is 2. The largest absolute Gasteiger partial charge is 0.465 e. The number of likely N-dealkylation sites (tertiary alicyclic amines) is 1. The van der Waals surface area contributed by atoms with E-state index >= 15 is 0 Å². The van der Waals surface area contributed by atoms with Crippen LogP contribution >= 0.6 is 0 Å².